The second kappa shape index (κ2) is 7.27. The minimum absolute atomic E-state index is 0.213. The third kappa shape index (κ3) is 3.32. The van der Waals surface area contributed by atoms with E-state index in [9.17, 15) is 14.4 Å². The number of thioether (sulfide) groups is 1. The monoisotopic (exact) mass is 469 g/mol. The maximum Gasteiger partial charge on any atom is 0.267 e. The summed E-state index contributed by atoms with van der Waals surface area (Å²) < 4.78 is 0.750. The van der Waals surface area contributed by atoms with Crippen LogP contribution in [0.15, 0.2) is 50.8 Å². The fourth-order valence-corrected chi connectivity index (χ4v) is 4.56. The molecule has 0 bridgehead atoms. The fraction of sp³-hybridized carbons (Fsp3) is 0.143. The second-order valence-electron chi connectivity index (χ2n) is 6.72. The Morgan fingerprint density at radius 1 is 1.17 bits per heavy atom. The van der Waals surface area contributed by atoms with Gasteiger partial charge in [-0.05, 0) is 61.0 Å². The molecule has 0 unspecified atom stereocenters. The zero-order chi connectivity index (χ0) is 20.9. The van der Waals surface area contributed by atoms with Crippen LogP contribution in [0.2, 0.25) is 0 Å². The van der Waals surface area contributed by atoms with Crippen molar-refractivity contribution in [3.63, 3.8) is 0 Å². The molecule has 1 N–H and O–H groups in total. The van der Waals surface area contributed by atoms with Crippen LogP contribution in [-0.4, -0.2) is 22.9 Å². The summed E-state index contributed by atoms with van der Waals surface area (Å²) in [5.41, 5.74) is 4.11. The first kappa shape index (κ1) is 19.6. The lowest BCUT2D eigenvalue weighted by Crippen LogP contribution is -2.31. The molecule has 2 aromatic rings. The number of aliphatic imine (C=N–C) groups is 1. The molecule has 2 aromatic carbocycles. The van der Waals surface area contributed by atoms with Crippen LogP contribution in [0, 0.1) is 13.8 Å². The molecule has 0 aliphatic carbocycles. The highest BCUT2D eigenvalue weighted by atomic mass is 79.9. The smallest absolute Gasteiger partial charge is 0.267 e. The van der Waals surface area contributed by atoms with Gasteiger partial charge in [0.15, 0.2) is 5.17 Å². The van der Waals surface area contributed by atoms with Gasteiger partial charge in [-0.25, -0.2) is 9.89 Å². The van der Waals surface area contributed by atoms with Crippen molar-refractivity contribution in [3.05, 3.63) is 62.5 Å². The first-order valence-electron chi connectivity index (χ1n) is 8.81. The van der Waals surface area contributed by atoms with Gasteiger partial charge in [0.1, 0.15) is 0 Å². The zero-order valence-corrected chi connectivity index (χ0v) is 18.3. The van der Waals surface area contributed by atoms with E-state index in [4.69, 9.17) is 0 Å². The number of nitrogens with one attached hydrogen (secondary N) is 1. The van der Waals surface area contributed by atoms with Gasteiger partial charge in [0.05, 0.1) is 21.9 Å². The van der Waals surface area contributed by atoms with Crippen LogP contribution in [0.5, 0.6) is 0 Å². The standard InChI is InChI=1S/C21H16BrN3O3S/c1-10-5-4-6-15(11(10)2)23-21-24-19(27)18(29-21)17-14-9-13(22)7-8-16(14)25(12(3)26)20(17)28/h4-9H,1-3H3,(H,23,24,27). The molecular weight excluding hydrogens is 454 g/mol. The summed E-state index contributed by atoms with van der Waals surface area (Å²) in [6.45, 7) is 5.29. The van der Waals surface area contributed by atoms with Gasteiger partial charge in [0.2, 0.25) is 5.91 Å². The molecule has 0 atom stereocenters. The summed E-state index contributed by atoms with van der Waals surface area (Å²) in [5, 5.41) is 3.13. The van der Waals surface area contributed by atoms with Crippen molar-refractivity contribution in [3.8, 4) is 0 Å². The molecule has 2 aliphatic rings. The number of hydrogen-bond acceptors (Lipinski definition) is 5. The van der Waals surface area contributed by atoms with Crippen molar-refractivity contribution in [2.75, 3.05) is 4.90 Å². The van der Waals surface area contributed by atoms with Crippen molar-refractivity contribution in [1.29, 1.82) is 0 Å². The minimum atomic E-state index is -0.503. The third-order valence-electron chi connectivity index (χ3n) is 4.85. The molecule has 2 heterocycles. The molecule has 6 nitrogen and oxygen atoms in total. The van der Waals surface area contributed by atoms with E-state index in [-0.39, 0.29) is 10.5 Å². The number of fused-ring (bicyclic) bond motifs is 1. The number of amides is 3. The predicted octanol–water partition coefficient (Wildman–Crippen LogP) is 4.22. The van der Waals surface area contributed by atoms with Crippen molar-refractivity contribution in [1.82, 2.24) is 5.32 Å². The van der Waals surface area contributed by atoms with E-state index in [0.29, 0.717) is 16.4 Å². The zero-order valence-electron chi connectivity index (χ0n) is 15.9. The Labute approximate surface area is 180 Å². The normalized spacial score (nSPS) is 19.7. The van der Waals surface area contributed by atoms with Gasteiger partial charge in [-0.2, -0.15) is 0 Å². The quantitative estimate of drug-likeness (QED) is 0.634. The highest BCUT2D eigenvalue weighted by Crippen LogP contribution is 2.44. The Hall–Kier alpha value is -2.71. The number of aryl methyl sites for hydroxylation is 1. The molecular formula is C21H16BrN3O3S. The third-order valence-corrected chi connectivity index (χ3v) is 6.32. The molecule has 2 aliphatic heterocycles. The predicted molar refractivity (Wildman–Crippen MR) is 118 cm³/mol. The van der Waals surface area contributed by atoms with Gasteiger partial charge in [-0.15, -0.1) is 0 Å². The van der Waals surface area contributed by atoms with Crippen LogP contribution in [0.1, 0.15) is 23.6 Å². The highest BCUT2D eigenvalue weighted by Gasteiger charge is 2.41. The summed E-state index contributed by atoms with van der Waals surface area (Å²) in [6, 6.07) is 11.0. The average molecular weight is 470 g/mol. The number of amidine groups is 1. The number of anilines is 1. The molecule has 1 fully saturated rings. The van der Waals surface area contributed by atoms with Crippen LogP contribution in [0.3, 0.4) is 0 Å². The van der Waals surface area contributed by atoms with Crippen LogP contribution >= 0.6 is 27.7 Å². The van der Waals surface area contributed by atoms with E-state index in [0.717, 1.165) is 37.9 Å². The molecule has 0 saturated carbocycles. The van der Waals surface area contributed by atoms with Gasteiger partial charge in [-0.3, -0.25) is 14.4 Å². The van der Waals surface area contributed by atoms with Gasteiger partial charge in [0.25, 0.3) is 11.8 Å². The maximum atomic E-state index is 13.0. The molecule has 0 aromatic heterocycles. The Balaban J connectivity index is 1.82. The fourth-order valence-electron chi connectivity index (χ4n) is 3.28. The second-order valence-corrected chi connectivity index (χ2v) is 8.63. The van der Waals surface area contributed by atoms with E-state index in [2.05, 4.69) is 26.2 Å². The number of nitrogens with zero attached hydrogens (tertiary/aromatic N) is 2. The van der Waals surface area contributed by atoms with Crippen LogP contribution in [0.4, 0.5) is 11.4 Å². The summed E-state index contributed by atoms with van der Waals surface area (Å²) in [5.74, 6) is -1.31. The lowest BCUT2D eigenvalue weighted by Gasteiger charge is -2.11. The lowest BCUT2D eigenvalue weighted by molar-refractivity contribution is -0.122. The first-order valence-corrected chi connectivity index (χ1v) is 10.4. The van der Waals surface area contributed by atoms with Crippen molar-refractivity contribution in [2.45, 2.75) is 20.8 Å². The van der Waals surface area contributed by atoms with Gasteiger partial charge >= 0.3 is 0 Å². The Bertz CT molecular complexity index is 1170. The molecule has 29 heavy (non-hydrogen) atoms. The van der Waals surface area contributed by atoms with Crippen molar-refractivity contribution in [2.24, 2.45) is 4.99 Å². The first-order chi connectivity index (χ1) is 13.8. The van der Waals surface area contributed by atoms with E-state index < -0.39 is 17.7 Å². The molecule has 0 radical (unpaired) electrons. The van der Waals surface area contributed by atoms with E-state index in [1.165, 1.54) is 6.92 Å². The Kier molecular flexibility index (Phi) is 4.92. The van der Waals surface area contributed by atoms with Crippen LogP contribution in [0.25, 0.3) is 5.57 Å². The number of carbonyl (C=O) groups is 3. The summed E-state index contributed by atoms with van der Waals surface area (Å²) in [4.78, 5) is 43.7. The Morgan fingerprint density at radius 2 is 1.93 bits per heavy atom. The van der Waals surface area contributed by atoms with Crippen molar-refractivity contribution < 1.29 is 14.4 Å². The van der Waals surface area contributed by atoms with E-state index in [1.54, 1.807) is 18.2 Å². The van der Waals surface area contributed by atoms with Crippen molar-refractivity contribution >= 4 is 67.5 Å². The highest BCUT2D eigenvalue weighted by molar-refractivity contribution is 9.10. The molecule has 3 amide bonds. The van der Waals surface area contributed by atoms with E-state index >= 15 is 0 Å². The summed E-state index contributed by atoms with van der Waals surface area (Å²) >= 11 is 4.50. The molecule has 1 saturated heterocycles. The maximum absolute atomic E-state index is 13.0. The summed E-state index contributed by atoms with van der Waals surface area (Å²) in [7, 11) is 0. The topological polar surface area (TPSA) is 78.8 Å². The largest absolute Gasteiger partial charge is 0.300 e. The van der Waals surface area contributed by atoms with Crippen LogP contribution in [-0.2, 0) is 14.4 Å². The van der Waals surface area contributed by atoms with E-state index in [1.807, 2.05) is 32.0 Å². The molecule has 4 rings (SSSR count). The van der Waals surface area contributed by atoms with Gasteiger partial charge in [0, 0.05) is 17.0 Å². The number of benzene rings is 2. The van der Waals surface area contributed by atoms with Gasteiger partial charge in [-0.1, -0.05) is 28.1 Å². The molecule has 8 heteroatoms. The SMILES string of the molecule is CC(=O)N1C(=O)C(=C2SC(=Nc3cccc(C)c3C)NC2=O)c2cc(Br)ccc21. The number of carbonyl (C=O) groups excluding carboxylic acids is 3. The number of imide groups is 1. The summed E-state index contributed by atoms with van der Waals surface area (Å²) in [6.07, 6.45) is 0. The average Bonchev–Trinajstić information content (AvgIpc) is 3.14. The van der Waals surface area contributed by atoms with Crippen LogP contribution < -0.4 is 10.2 Å². The van der Waals surface area contributed by atoms with Gasteiger partial charge < -0.3 is 5.32 Å². The number of rotatable bonds is 1. The Morgan fingerprint density at radius 3 is 2.66 bits per heavy atom. The number of halogens is 1. The molecule has 146 valence electrons. The number of hydrogen-bond donors (Lipinski definition) is 1. The molecule has 0 spiro atoms. The lowest BCUT2D eigenvalue weighted by atomic mass is 10.1. The minimum Gasteiger partial charge on any atom is -0.300 e.